The van der Waals surface area contributed by atoms with Crippen molar-refractivity contribution >= 4 is 5.69 Å². The van der Waals surface area contributed by atoms with E-state index in [-0.39, 0.29) is 5.41 Å². The maximum atomic E-state index is 6.00. The van der Waals surface area contributed by atoms with E-state index in [0.29, 0.717) is 5.92 Å². The molecule has 0 saturated carbocycles. The SMILES string of the molecule is CN(C)c1ccc(OCC2COC2)c(C(C)(C)C)c1. The van der Waals surface area contributed by atoms with E-state index in [1.165, 1.54) is 11.3 Å². The molecule has 0 N–H and O–H groups in total. The lowest BCUT2D eigenvalue weighted by Gasteiger charge is -2.29. The molecule has 0 unspecified atom stereocenters. The molecule has 1 aliphatic heterocycles. The molecule has 1 heterocycles. The standard InChI is InChI=1S/C16H25NO2/c1-16(2,3)14-8-13(17(4)5)6-7-15(14)19-11-12-9-18-10-12/h6-8,12H,9-11H2,1-5H3. The Balaban J connectivity index is 2.20. The van der Waals surface area contributed by atoms with Gasteiger partial charge >= 0.3 is 0 Å². The minimum absolute atomic E-state index is 0.0808. The van der Waals surface area contributed by atoms with E-state index in [1.807, 2.05) is 0 Å². The quantitative estimate of drug-likeness (QED) is 0.833. The number of nitrogens with zero attached hydrogens (tertiary/aromatic N) is 1. The van der Waals surface area contributed by atoms with Gasteiger partial charge in [-0.15, -0.1) is 0 Å². The number of hydrogen-bond acceptors (Lipinski definition) is 3. The minimum Gasteiger partial charge on any atom is -0.493 e. The highest BCUT2D eigenvalue weighted by Gasteiger charge is 2.23. The second kappa shape index (κ2) is 5.41. The van der Waals surface area contributed by atoms with Crippen molar-refractivity contribution in [2.24, 2.45) is 5.92 Å². The van der Waals surface area contributed by atoms with Gasteiger partial charge in [0.2, 0.25) is 0 Å². The number of rotatable bonds is 4. The zero-order chi connectivity index (χ0) is 14.0. The van der Waals surface area contributed by atoms with Gasteiger partial charge in [-0.2, -0.15) is 0 Å². The molecule has 0 amide bonds. The molecule has 0 atom stereocenters. The van der Waals surface area contributed by atoms with Crippen LogP contribution in [0.2, 0.25) is 0 Å². The van der Waals surface area contributed by atoms with Crippen molar-refractivity contribution in [2.45, 2.75) is 26.2 Å². The van der Waals surface area contributed by atoms with Crippen LogP contribution in [0.5, 0.6) is 5.75 Å². The lowest BCUT2D eigenvalue weighted by Crippen LogP contribution is -2.33. The maximum absolute atomic E-state index is 6.00. The zero-order valence-electron chi connectivity index (χ0n) is 12.7. The number of benzene rings is 1. The third kappa shape index (κ3) is 3.41. The summed E-state index contributed by atoms with van der Waals surface area (Å²) in [6.07, 6.45) is 0. The van der Waals surface area contributed by atoms with Crippen LogP contribution in [0.25, 0.3) is 0 Å². The number of anilines is 1. The van der Waals surface area contributed by atoms with Gasteiger partial charge < -0.3 is 14.4 Å². The molecule has 0 aromatic heterocycles. The Bertz CT molecular complexity index is 431. The lowest BCUT2D eigenvalue weighted by atomic mass is 9.86. The van der Waals surface area contributed by atoms with E-state index >= 15 is 0 Å². The van der Waals surface area contributed by atoms with Gasteiger partial charge in [0.15, 0.2) is 0 Å². The number of hydrogen-bond donors (Lipinski definition) is 0. The molecule has 1 saturated heterocycles. The van der Waals surface area contributed by atoms with Crippen LogP contribution < -0.4 is 9.64 Å². The van der Waals surface area contributed by atoms with Gasteiger partial charge in [0.25, 0.3) is 0 Å². The Labute approximate surface area is 116 Å². The van der Waals surface area contributed by atoms with Crippen LogP contribution >= 0.6 is 0 Å². The summed E-state index contributed by atoms with van der Waals surface area (Å²) in [5, 5.41) is 0. The van der Waals surface area contributed by atoms with Crippen LogP contribution in [0.4, 0.5) is 5.69 Å². The molecule has 106 valence electrons. The van der Waals surface area contributed by atoms with Crippen molar-refractivity contribution < 1.29 is 9.47 Å². The fourth-order valence-corrected chi connectivity index (χ4v) is 2.10. The molecule has 2 rings (SSSR count). The van der Waals surface area contributed by atoms with Crippen LogP contribution in [-0.4, -0.2) is 33.9 Å². The monoisotopic (exact) mass is 263 g/mol. The second-order valence-electron chi connectivity index (χ2n) is 6.54. The topological polar surface area (TPSA) is 21.7 Å². The first kappa shape index (κ1) is 14.2. The highest BCUT2D eigenvalue weighted by atomic mass is 16.5. The van der Waals surface area contributed by atoms with Crippen molar-refractivity contribution in [3.63, 3.8) is 0 Å². The Kier molecular flexibility index (Phi) is 4.04. The van der Waals surface area contributed by atoms with Crippen LogP contribution in [0.15, 0.2) is 18.2 Å². The molecule has 0 radical (unpaired) electrons. The molecule has 1 aliphatic rings. The third-order valence-electron chi connectivity index (χ3n) is 3.47. The smallest absolute Gasteiger partial charge is 0.123 e. The van der Waals surface area contributed by atoms with E-state index in [0.717, 1.165) is 25.6 Å². The van der Waals surface area contributed by atoms with Crippen LogP contribution in [0.3, 0.4) is 0 Å². The Hall–Kier alpha value is -1.22. The molecule has 3 heteroatoms. The van der Waals surface area contributed by atoms with Gasteiger partial charge in [0.1, 0.15) is 5.75 Å². The van der Waals surface area contributed by atoms with Gasteiger partial charge in [0.05, 0.1) is 19.8 Å². The van der Waals surface area contributed by atoms with Crippen molar-refractivity contribution in [2.75, 3.05) is 38.8 Å². The van der Waals surface area contributed by atoms with Gasteiger partial charge in [0, 0.05) is 31.3 Å². The zero-order valence-corrected chi connectivity index (χ0v) is 12.7. The Morgan fingerprint density at radius 2 is 1.95 bits per heavy atom. The van der Waals surface area contributed by atoms with Crippen LogP contribution in [0, 0.1) is 5.92 Å². The normalized spacial score (nSPS) is 16.1. The Morgan fingerprint density at radius 1 is 1.26 bits per heavy atom. The molecule has 0 spiro atoms. The lowest BCUT2D eigenvalue weighted by molar-refractivity contribution is -0.0510. The van der Waals surface area contributed by atoms with Gasteiger partial charge in [-0.3, -0.25) is 0 Å². The van der Waals surface area contributed by atoms with Crippen LogP contribution in [0.1, 0.15) is 26.3 Å². The number of ether oxygens (including phenoxy) is 2. The van der Waals surface area contributed by atoms with E-state index in [4.69, 9.17) is 9.47 Å². The van der Waals surface area contributed by atoms with Crippen LogP contribution in [-0.2, 0) is 10.2 Å². The molecule has 19 heavy (non-hydrogen) atoms. The first-order valence-corrected chi connectivity index (χ1v) is 6.90. The van der Waals surface area contributed by atoms with Crippen molar-refractivity contribution in [1.82, 2.24) is 0 Å². The summed E-state index contributed by atoms with van der Waals surface area (Å²) in [4.78, 5) is 2.12. The average Bonchev–Trinajstić information content (AvgIpc) is 2.25. The summed E-state index contributed by atoms with van der Waals surface area (Å²) >= 11 is 0. The molecule has 1 aromatic rings. The third-order valence-corrected chi connectivity index (χ3v) is 3.47. The average molecular weight is 263 g/mol. The fourth-order valence-electron chi connectivity index (χ4n) is 2.10. The first-order valence-electron chi connectivity index (χ1n) is 6.90. The fraction of sp³-hybridized carbons (Fsp3) is 0.625. The highest BCUT2D eigenvalue weighted by molar-refractivity contribution is 5.54. The van der Waals surface area contributed by atoms with Gasteiger partial charge in [-0.25, -0.2) is 0 Å². The molecule has 0 aliphatic carbocycles. The molecule has 0 bridgehead atoms. The molecule has 1 aromatic carbocycles. The van der Waals surface area contributed by atoms with E-state index in [9.17, 15) is 0 Å². The highest BCUT2D eigenvalue weighted by Crippen LogP contribution is 2.34. The van der Waals surface area contributed by atoms with Crippen molar-refractivity contribution in [3.05, 3.63) is 23.8 Å². The summed E-state index contributed by atoms with van der Waals surface area (Å²) in [7, 11) is 4.13. The second-order valence-corrected chi connectivity index (χ2v) is 6.54. The largest absolute Gasteiger partial charge is 0.493 e. The summed E-state index contributed by atoms with van der Waals surface area (Å²) in [6, 6.07) is 6.43. The van der Waals surface area contributed by atoms with Gasteiger partial charge in [-0.05, 0) is 23.6 Å². The molecular weight excluding hydrogens is 238 g/mol. The van der Waals surface area contributed by atoms with Crippen molar-refractivity contribution in [3.8, 4) is 5.75 Å². The first-order chi connectivity index (χ1) is 8.88. The Morgan fingerprint density at radius 3 is 2.42 bits per heavy atom. The predicted octanol–water partition coefficient (Wildman–Crippen LogP) is 3.08. The predicted molar refractivity (Wildman–Crippen MR) is 79.3 cm³/mol. The van der Waals surface area contributed by atoms with Gasteiger partial charge in [-0.1, -0.05) is 20.8 Å². The van der Waals surface area contributed by atoms with Crippen molar-refractivity contribution in [1.29, 1.82) is 0 Å². The van der Waals surface area contributed by atoms with E-state index in [2.05, 4.69) is 58.0 Å². The van der Waals surface area contributed by atoms with E-state index < -0.39 is 0 Å². The summed E-state index contributed by atoms with van der Waals surface area (Å²) < 4.78 is 11.2. The maximum Gasteiger partial charge on any atom is 0.123 e. The minimum atomic E-state index is 0.0808. The molecular formula is C16H25NO2. The summed E-state index contributed by atoms with van der Waals surface area (Å²) in [5.41, 5.74) is 2.56. The summed E-state index contributed by atoms with van der Waals surface area (Å²) in [5.74, 6) is 1.56. The summed E-state index contributed by atoms with van der Waals surface area (Å²) in [6.45, 7) is 9.09. The van der Waals surface area contributed by atoms with E-state index in [1.54, 1.807) is 0 Å². The molecule has 3 nitrogen and oxygen atoms in total. The molecule has 1 fully saturated rings.